The number of nitrogens with zero attached hydrogens (tertiary/aromatic N) is 1. The van der Waals surface area contributed by atoms with E-state index in [0.717, 1.165) is 56.2 Å². The summed E-state index contributed by atoms with van der Waals surface area (Å²) in [5.74, 6) is -0.138. The van der Waals surface area contributed by atoms with Crippen LogP contribution in [0.2, 0.25) is 0 Å². The first-order chi connectivity index (χ1) is 14.8. The lowest BCUT2D eigenvalue weighted by atomic mass is 9.97. The molecule has 0 radical (unpaired) electrons. The van der Waals surface area contributed by atoms with Crippen molar-refractivity contribution in [2.24, 2.45) is 5.92 Å². The van der Waals surface area contributed by atoms with Gasteiger partial charge in [0.2, 0.25) is 5.91 Å². The Morgan fingerprint density at radius 2 is 1.87 bits per heavy atom. The monoisotopic (exact) mass is 447 g/mol. The van der Waals surface area contributed by atoms with Crippen molar-refractivity contribution in [1.82, 2.24) is 4.90 Å². The molecule has 3 rings (SSSR count). The average Bonchev–Trinajstić information content (AvgIpc) is 3.58. The number of amides is 1. The Balaban J connectivity index is 1.74. The lowest BCUT2D eigenvalue weighted by Crippen LogP contribution is -2.37. The van der Waals surface area contributed by atoms with Crippen LogP contribution in [0.1, 0.15) is 57.9 Å². The van der Waals surface area contributed by atoms with Gasteiger partial charge < -0.3 is 9.08 Å². The summed E-state index contributed by atoms with van der Waals surface area (Å²) < 4.78 is 43.3. The third-order valence-electron chi connectivity index (χ3n) is 5.58. The lowest BCUT2D eigenvalue weighted by Gasteiger charge is -2.27. The van der Waals surface area contributed by atoms with Crippen LogP contribution in [0.4, 0.5) is 4.39 Å². The zero-order valence-electron chi connectivity index (χ0n) is 18.1. The van der Waals surface area contributed by atoms with E-state index in [2.05, 4.69) is 13.8 Å². The second kappa shape index (κ2) is 10.3. The van der Waals surface area contributed by atoms with Gasteiger partial charge in [0.25, 0.3) is 0 Å². The van der Waals surface area contributed by atoms with Gasteiger partial charge in [-0.15, -0.1) is 0 Å². The number of hydrogen-bond acceptors (Lipinski definition) is 4. The van der Waals surface area contributed by atoms with Gasteiger partial charge in [0.1, 0.15) is 16.5 Å². The minimum atomic E-state index is -4.07. The Labute approximate surface area is 184 Å². The summed E-state index contributed by atoms with van der Waals surface area (Å²) in [5.41, 5.74) is 0.817. The first kappa shape index (κ1) is 23.3. The van der Waals surface area contributed by atoms with E-state index in [4.69, 9.17) is 4.18 Å². The summed E-state index contributed by atoms with van der Waals surface area (Å²) in [7, 11) is -4.07. The van der Waals surface area contributed by atoms with Crippen molar-refractivity contribution in [3.63, 3.8) is 0 Å². The summed E-state index contributed by atoms with van der Waals surface area (Å²) >= 11 is 0. The van der Waals surface area contributed by atoms with Crippen LogP contribution >= 0.6 is 0 Å². The van der Waals surface area contributed by atoms with Crippen molar-refractivity contribution in [2.45, 2.75) is 69.9 Å². The quantitative estimate of drug-likeness (QED) is 0.439. The number of unbranched alkanes of at least 4 members (excludes halogenated alkanes) is 1. The highest BCUT2D eigenvalue weighted by atomic mass is 32.2. The molecule has 1 aliphatic rings. The van der Waals surface area contributed by atoms with E-state index in [1.54, 1.807) is 18.2 Å². The van der Waals surface area contributed by atoms with Crippen LogP contribution in [-0.2, 0) is 21.5 Å². The molecule has 0 bridgehead atoms. The van der Waals surface area contributed by atoms with Crippen LogP contribution in [0.15, 0.2) is 53.4 Å². The molecule has 2 aromatic carbocycles. The predicted octanol–water partition coefficient (Wildman–Crippen LogP) is 5.30. The highest BCUT2D eigenvalue weighted by molar-refractivity contribution is 7.87. The molecule has 31 heavy (non-hydrogen) atoms. The van der Waals surface area contributed by atoms with Crippen LogP contribution in [-0.4, -0.2) is 25.3 Å². The van der Waals surface area contributed by atoms with Crippen LogP contribution in [0.25, 0.3) is 0 Å². The number of hydrogen-bond donors (Lipinski definition) is 0. The van der Waals surface area contributed by atoms with Crippen molar-refractivity contribution in [2.75, 3.05) is 0 Å². The van der Waals surface area contributed by atoms with E-state index >= 15 is 0 Å². The van der Waals surface area contributed by atoms with E-state index in [-0.39, 0.29) is 28.5 Å². The van der Waals surface area contributed by atoms with Crippen molar-refractivity contribution in [3.05, 3.63) is 59.9 Å². The van der Waals surface area contributed by atoms with E-state index in [9.17, 15) is 17.6 Å². The third kappa shape index (κ3) is 6.29. The van der Waals surface area contributed by atoms with Crippen LogP contribution < -0.4 is 4.18 Å². The lowest BCUT2D eigenvalue weighted by molar-refractivity contribution is -0.137. The van der Waals surface area contributed by atoms with E-state index in [1.807, 2.05) is 11.0 Å². The maximum atomic E-state index is 13.2. The van der Waals surface area contributed by atoms with Crippen molar-refractivity contribution < 1.29 is 21.8 Å². The van der Waals surface area contributed by atoms with Crippen LogP contribution in [0.3, 0.4) is 0 Å². The molecular weight excluding hydrogens is 417 g/mol. The van der Waals surface area contributed by atoms with Gasteiger partial charge in [-0.2, -0.15) is 8.42 Å². The molecule has 1 atom stereocenters. The zero-order chi connectivity index (χ0) is 22.4. The molecule has 1 aliphatic carbocycles. The molecule has 1 amide bonds. The fourth-order valence-corrected chi connectivity index (χ4v) is 4.55. The van der Waals surface area contributed by atoms with Gasteiger partial charge in [-0.25, -0.2) is 4.39 Å². The molecule has 5 nitrogen and oxygen atoms in total. The first-order valence-corrected chi connectivity index (χ1v) is 12.3. The average molecular weight is 448 g/mol. The molecule has 1 saturated carbocycles. The van der Waals surface area contributed by atoms with Gasteiger partial charge in [-0.05, 0) is 67.6 Å². The molecule has 0 aromatic heterocycles. The Morgan fingerprint density at radius 1 is 1.16 bits per heavy atom. The van der Waals surface area contributed by atoms with E-state index in [0.29, 0.717) is 6.54 Å². The zero-order valence-corrected chi connectivity index (χ0v) is 18.9. The Morgan fingerprint density at radius 3 is 2.48 bits per heavy atom. The maximum absolute atomic E-state index is 13.2. The minimum Gasteiger partial charge on any atom is -0.379 e. The minimum absolute atomic E-state index is 0.0267. The largest absolute Gasteiger partial charge is 0.379 e. The van der Waals surface area contributed by atoms with Gasteiger partial charge in [0, 0.05) is 18.5 Å². The Hall–Kier alpha value is -2.41. The van der Waals surface area contributed by atoms with Crippen LogP contribution in [0, 0.1) is 11.7 Å². The Bertz CT molecular complexity index is 987. The third-order valence-corrected chi connectivity index (χ3v) is 6.84. The molecule has 0 heterocycles. The maximum Gasteiger partial charge on any atom is 0.339 e. The molecule has 2 aromatic rings. The smallest absolute Gasteiger partial charge is 0.339 e. The summed E-state index contributed by atoms with van der Waals surface area (Å²) in [5, 5.41) is 0. The van der Waals surface area contributed by atoms with Crippen molar-refractivity contribution >= 4 is 16.0 Å². The normalized spacial score (nSPS) is 14.8. The standard InChI is InChI=1S/C24H30FNO4S/c1-3-5-8-19(4-2)24(27)26(21-12-13-21)17-18-7-6-9-22(16-18)30-31(28,29)23-14-10-20(25)11-15-23/h6-7,9-11,14-16,19,21H,3-5,8,12-13,17H2,1-2H3. The fourth-order valence-electron chi connectivity index (χ4n) is 3.63. The number of carbonyl (C=O) groups is 1. The van der Waals surface area contributed by atoms with Crippen molar-refractivity contribution in [1.29, 1.82) is 0 Å². The molecular formula is C24H30FNO4S. The molecule has 0 spiro atoms. The summed E-state index contributed by atoms with van der Waals surface area (Å²) in [6.45, 7) is 4.61. The summed E-state index contributed by atoms with van der Waals surface area (Å²) in [4.78, 5) is 15.0. The molecule has 1 unspecified atom stereocenters. The van der Waals surface area contributed by atoms with Gasteiger partial charge in [-0.1, -0.05) is 38.8 Å². The molecule has 7 heteroatoms. The number of rotatable bonds is 11. The topological polar surface area (TPSA) is 63.7 Å². The second-order valence-electron chi connectivity index (χ2n) is 8.08. The molecule has 0 aliphatic heterocycles. The highest BCUT2D eigenvalue weighted by Gasteiger charge is 2.35. The van der Waals surface area contributed by atoms with Gasteiger partial charge in [0.05, 0.1) is 0 Å². The highest BCUT2D eigenvalue weighted by Crippen LogP contribution is 2.32. The van der Waals surface area contributed by atoms with Gasteiger partial charge in [0.15, 0.2) is 0 Å². The SMILES string of the molecule is CCCCC(CC)C(=O)N(Cc1cccc(OS(=O)(=O)c2ccc(F)cc2)c1)C1CC1. The first-order valence-electron chi connectivity index (χ1n) is 10.9. The molecule has 0 saturated heterocycles. The fraction of sp³-hybridized carbons (Fsp3) is 0.458. The van der Waals surface area contributed by atoms with Gasteiger partial charge >= 0.3 is 10.1 Å². The molecule has 1 fully saturated rings. The van der Waals surface area contributed by atoms with Gasteiger partial charge in [-0.3, -0.25) is 4.79 Å². The predicted molar refractivity (Wildman–Crippen MR) is 118 cm³/mol. The summed E-state index contributed by atoms with van der Waals surface area (Å²) in [6.07, 6.45) is 5.83. The number of halogens is 1. The Kier molecular flexibility index (Phi) is 7.70. The van der Waals surface area contributed by atoms with E-state index < -0.39 is 15.9 Å². The molecule has 168 valence electrons. The number of carbonyl (C=O) groups excluding carboxylic acids is 1. The molecule has 0 N–H and O–H groups in total. The van der Waals surface area contributed by atoms with Crippen LogP contribution in [0.5, 0.6) is 5.75 Å². The number of benzene rings is 2. The van der Waals surface area contributed by atoms with E-state index in [1.165, 1.54) is 12.1 Å². The second-order valence-corrected chi connectivity index (χ2v) is 9.63. The van der Waals surface area contributed by atoms with Crippen molar-refractivity contribution in [3.8, 4) is 5.75 Å². The summed E-state index contributed by atoms with van der Waals surface area (Å²) in [6, 6.07) is 11.5.